The molecule has 4 nitrogen and oxygen atoms in total. The Morgan fingerprint density at radius 3 is 2.50 bits per heavy atom. The molecule has 1 aromatic carbocycles. The molecule has 0 spiro atoms. The third kappa shape index (κ3) is 5.93. The summed E-state index contributed by atoms with van der Waals surface area (Å²) in [5, 5.41) is 4.50. The summed E-state index contributed by atoms with van der Waals surface area (Å²) in [7, 11) is 0. The van der Waals surface area contributed by atoms with Gasteiger partial charge in [-0.1, -0.05) is 24.9 Å². The van der Waals surface area contributed by atoms with Crippen molar-refractivity contribution in [2.45, 2.75) is 32.4 Å². The molecule has 0 saturated heterocycles. The van der Waals surface area contributed by atoms with Gasteiger partial charge in [0.05, 0.1) is 11.3 Å². The van der Waals surface area contributed by atoms with Crippen LogP contribution in [0.1, 0.15) is 31.7 Å². The first-order valence-corrected chi connectivity index (χ1v) is 7.05. The zero-order chi connectivity index (χ0) is 16.8. The highest BCUT2D eigenvalue weighted by Crippen LogP contribution is 2.36. The molecule has 122 valence electrons. The SMILES string of the molecule is CCCCNC(=O)CC(=O)Nc1ccc(Cl)cc1C(F)(F)F. The van der Waals surface area contributed by atoms with Crippen LogP contribution in [0.5, 0.6) is 0 Å². The number of carbonyl (C=O) groups is 2. The predicted octanol–water partition coefficient (Wildman–Crippen LogP) is 3.60. The van der Waals surface area contributed by atoms with Crippen molar-refractivity contribution in [1.82, 2.24) is 5.32 Å². The molecular weight excluding hydrogens is 321 g/mol. The molecule has 0 aliphatic heterocycles. The predicted molar refractivity (Wildman–Crippen MR) is 77.6 cm³/mol. The minimum absolute atomic E-state index is 0.0948. The van der Waals surface area contributed by atoms with E-state index in [-0.39, 0.29) is 5.02 Å². The summed E-state index contributed by atoms with van der Waals surface area (Å²) < 4.78 is 38.6. The molecule has 0 atom stereocenters. The van der Waals surface area contributed by atoms with Crippen molar-refractivity contribution in [2.24, 2.45) is 0 Å². The van der Waals surface area contributed by atoms with Crippen LogP contribution >= 0.6 is 11.6 Å². The maximum atomic E-state index is 12.9. The van der Waals surface area contributed by atoms with Gasteiger partial charge in [-0.15, -0.1) is 0 Å². The fourth-order valence-electron chi connectivity index (χ4n) is 1.67. The third-order valence-corrected chi connectivity index (χ3v) is 2.97. The Kier molecular flexibility index (Phi) is 6.67. The maximum absolute atomic E-state index is 12.9. The lowest BCUT2D eigenvalue weighted by Crippen LogP contribution is -2.29. The number of hydrogen-bond donors (Lipinski definition) is 2. The molecule has 0 heterocycles. The number of unbranched alkanes of at least 4 members (excludes halogenated alkanes) is 1. The van der Waals surface area contributed by atoms with Crippen LogP contribution in [-0.4, -0.2) is 18.4 Å². The highest BCUT2D eigenvalue weighted by molar-refractivity contribution is 6.30. The van der Waals surface area contributed by atoms with Crippen molar-refractivity contribution in [3.63, 3.8) is 0 Å². The summed E-state index contributed by atoms with van der Waals surface area (Å²) in [6.45, 7) is 2.37. The van der Waals surface area contributed by atoms with Gasteiger partial charge < -0.3 is 10.6 Å². The molecule has 0 radical (unpaired) electrons. The Morgan fingerprint density at radius 2 is 1.91 bits per heavy atom. The van der Waals surface area contributed by atoms with Crippen LogP contribution in [0.3, 0.4) is 0 Å². The molecule has 8 heteroatoms. The molecule has 2 N–H and O–H groups in total. The molecule has 1 aromatic rings. The second-order valence-electron chi connectivity index (χ2n) is 4.62. The molecule has 0 unspecified atom stereocenters. The zero-order valence-corrected chi connectivity index (χ0v) is 12.6. The first-order valence-electron chi connectivity index (χ1n) is 6.67. The van der Waals surface area contributed by atoms with Crippen molar-refractivity contribution in [3.05, 3.63) is 28.8 Å². The van der Waals surface area contributed by atoms with Crippen LogP contribution in [0.4, 0.5) is 18.9 Å². The quantitative estimate of drug-likeness (QED) is 0.616. The highest BCUT2D eigenvalue weighted by Gasteiger charge is 2.34. The van der Waals surface area contributed by atoms with Gasteiger partial charge in [-0.2, -0.15) is 13.2 Å². The molecule has 0 aromatic heterocycles. The molecule has 0 bridgehead atoms. The average molecular weight is 337 g/mol. The van der Waals surface area contributed by atoms with Crippen LogP contribution in [0, 0.1) is 0 Å². The normalized spacial score (nSPS) is 11.1. The summed E-state index contributed by atoms with van der Waals surface area (Å²) in [6.07, 6.45) is -3.55. The topological polar surface area (TPSA) is 58.2 Å². The van der Waals surface area contributed by atoms with Crippen LogP contribution in [-0.2, 0) is 15.8 Å². The van der Waals surface area contributed by atoms with Crippen LogP contribution in [0.25, 0.3) is 0 Å². The highest BCUT2D eigenvalue weighted by atomic mass is 35.5. The molecule has 1 rings (SSSR count). The van der Waals surface area contributed by atoms with Crippen molar-refractivity contribution in [2.75, 3.05) is 11.9 Å². The van der Waals surface area contributed by atoms with E-state index in [0.29, 0.717) is 6.54 Å². The Balaban J connectivity index is 2.70. The van der Waals surface area contributed by atoms with Crippen LogP contribution < -0.4 is 10.6 Å². The standard InChI is InChI=1S/C14H16ClF3N2O2/c1-2-3-6-19-12(21)8-13(22)20-11-5-4-9(15)7-10(11)14(16,17)18/h4-5,7H,2-3,6,8H2,1H3,(H,19,21)(H,20,22). The average Bonchev–Trinajstić information content (AvgIpc) is 2.39. The van der Waals surface area contributed by atoms with Gasteiger partial charge in [0.25, 0.3) is 0 Å². The molecule has 2 amide bonds. The van der Waals surface area contributed by atoms with Crippen LogP contribution in [0.15, 0.2) is 18.2 Å². The van der Waals surface area contributed by atoms with Gasteiger partial charge in [-0.05, 0) is 24.6 Å². The molecule has 0 aliphatic rings. The Labute approximate surface area is 131 Å². The molecule has 0 aliphatic carbocycles. The molecule has 0 fully saturated rings. The van der Waals surface area contributed by atoms with E-state index in [9.17, 15) is 22.8 Å². The molecule has 0 saturated carbocycles. The number of carbonyl (C=O) groups excluding carboxylic acids is 2. The van der Waals surface area contributed by atoms with Gasteiger partial charge in [0.2, 0.25) is 11.8 Å². The van der Waals surface area contributed by atoms with Gasteiger partial charge in [-0.25, -0.2) is 0 Å². The Bertz CT molecular complexity index is 547. The number of benzene rings is 1. The van der Waals surface area contributed by atoms with E-state index < -0.39 is 35.7 Å². The van der Waals surface area contributed by atoms with Gasteiger partial charge in [0.1, 0.15) is 6.42 Å². The van der Waals surface area contributed by atoms with Crippen LogP contribution in [0.2, 0.25) is 5.02 Å². The summed E-state index contributed by atoms with van der Waals surface area (Å²) in [5.41, 5.74) is -1.48. The van der Waals surface area contributed by atoms with Crippen molar-refractivity contribution < 1.29 is 22.8 Å². The number of alkyl halides is 3. The smallest absolute Gasteiger partial charge is 0.356 e. The summed E-state index contributed by atoms with van der Waals surface area (Å²) in [4.78, 5) is 23.1. The van der Waals surface area contributed by atoms with Gasteiger partial charge in [-0.3, -0.25) is 9.59 Å². The lowest BCUT2D eigenvalue weighted by atomic mass is 10.1. The summed E-state index contributed by atoms with van der Waals surface area (Å²) in [5.74, 6) is -1.35. The number of hydrogen-bond acceptors (Lipinski definition) is 2. The van der Waals surface area contributed by atoms with Crippen molar-refractivity contribution >= 4 is 29.1 Å². The summed E-state index contributed by atoms with van der Waals surface area (Å²) >= 11 is 5.54. The van der Waals surface area contributed by atoms with Gasteiger partial charge >= 0.3 is 6.18 Å². The lowest BCUT2D eigenvalue weighted by Gasteiger charge is -2.14. The Morgan fingerprint density at radius 1 is 1.23 bits per heavy atom. The summed E-state index contributed by atoms with van der Waals surface area (Å²) in [6, 6.07) is 3.00. The van der Waals surface area contributed by atoms with E-state index >= 15 is 0 Å². The van der Waals surface area contributed by atoms with E-state index in [1.165, 1.54) is 6.07 Å². The van der Waals surface area contributed by atoms with E-state index in [4.69, 9.17) is 11.6 Å². The number of anilines is 1. The van der Waals surface area contributed by atoms with E-state index in [2.05, 4.69) is 10.6 Å². The minimum Gasteiger partial charge on any atom is -0.356 e. The zero-order valence-electron chi connectivity index (χ0n) is 11.9. The van der Waals surface area contributed by atoms with E-state index in [1.807, 2.05) is 6.92 Å². The van der Waals surface area contributed by atoms with Gasteiger partial charge in [0, 0.05) is 11.6 Å². The largest absolute Gasteiger partial charge is 0.418 e. The fourth-order valence-corrected chi connectivity index (χ4v) is 1.84. The maximum Gasteiger partial charge on any atom is 0.418 e. The van der Waals surface area contributed by atoms with Gasteiger partial charge in [0.15, 0.2) is 0 Å². The number of halogens is 4. The monoisotopic (exact) mass is 336 g/mol. The number of nitrogens with one attached hydrogen (secondary N) is 2. The third-order valence-electron chi connectivity index (χ3n) is 2.73. The first-order chi connectivity index (χ1) is 10.2. The molecular formula is C14H16ClF3N2O2. The minimum atomic E-state index is -4.66. The van der Waals surface area contributed by atoms with Crippen molar-refractivity contribution in [1.29, 1.82) is 0 Å². The lowest BCUT2D eigenvalue weighted by molar-refractivity contribution is -0.137. The van der Waals surface area contributed by atoms with E-state index in [0.717, 1.165) is 25.0 Å². The van der Waals surface area contributed by atoms with Crippen molar-refractivity contribution in [3.8, 4) is 0 Å². The van der Waals surface area contributed by atoms with E-state index in [1.54, 1.807) is 0 Å². The fraction of sp³-hybridized carbons (Fsp3) is 0.429. The first kappa shape index (κ1) is 18.3. The number of rotatable bonds is 6. The molecule has 22 heavy (non-hydrogen) atoms. The second-order valence-corrected chi connectivity index (χ2v) is 5.05. The Hall–Kier alpha value is -1.76. The second kappa shape index (κ2) is 8.03. The number of amides is 2.